The van der Waals surface area contributed by atoms with Gasteiger partial charge in [-0.1, -0.05) is 109 Å². The first-order chi connectivity index (χ1) is 18.8. The molecule has 1 saturated heterocycles. The van der Waals surface area contributed by atoms with Gasteiger partial charge in [0, 0.05) is 16.7 Å². The minimum absolute atomic E-state index is 0.394. The molecule has 0 bridgehead atoms. The fourth-order valence-electron chi connectivity index (χ4n) is 4.82. The first kappa shape index (κ1) is 25.2. The molecular weight excluding hydrogens is 479 g/mol. The Morgan fingerprint density at radius 1 is 0.513 bits per heavy atom. The summed E-state index contributed by atoms with van der Waals surface area (Å²) in [4.78, 5) is 9.87. The monoisotopic (exact) mass is 510 g/mol. The van der Waals surface area contributed by atoms with Gasteiger partial charge in [0.2, 0.25) is 0 Å². The molecule has 0 radical (unpaired) electrons. The summed E-state index contributed by atoms with van der Waals surface area (Å²) >= 11 is 0. The van der Waals surface area contributed by atoms with Crippen LogP contribution >= 0.6 is 0 Å². The average Bonchev–Trinajstić information content (AvgIpc) is 3.20. The second kappa shape index (κ2) is 9.92. The van der Waals surface area contributed by atoms with Crippen molar-refractivity contribution in [2.24, 2.45) is 0 Å². The van der Waals surface area contributed by atoms with Gasteiger partial charge in [-0.05, 0) is 50.4 Å². The van der Waals surface area contributed by atoms with Crippen molar-refractivity contribution in [1.29, 1.82) is 0 Å². The van der Waals surface area contributed by atoms with Gasteiger partial charge in [-0.3, -0.25) is 0 Å². The van der Waals surface area contributed by atoms with Crippen LogP contribution < -0.4 is 5.46 Å². The number of nitrogens with zero attached hydrogens (tertiary/aromatic N) is 2. The van der Waals surface area contributed by atoms with E-state index in [1.54, 1.807) is 0 Å². The van der Waals surface area contributed by atoms with Gasteiger partial charge >= 0.3 is 7.12 Å². The third-order valence-corrected chi connectivity index (χ3v) is 7.79. The van der Waals surface area contributed by atoms with Crippen molar-refractivity contribution >= 4 is 12.6 Å². The fraction of sp³-hybridized carbons (Fsp3) is 0.176. The van der Waals surface area contributed by atoms with Crippen LogP contribution in [0.2, 0.25) is 0 Å². The average molecular weight is 510 g/mol. The molecule has 0 atom stereocenters. The van der Waals surface area contributed by atoms with Crippen LogP contribution in [0.5, 0.6) is 0 Å². The molecule has 0 unspecified atom stereocenters. The summed E-state index contributed by atoms with van der Waals surface area (Å²) in [6.07, 6.45) is 0. The van der Waals surface area contributed by atoms with E-state index >= 15 is 0 Å². The minimum atomic E-state index is -0.422. The molecule has 2 heterocycles. The van der Waals surface area contributed by atoms with Gasteiger partial charge in [-0.25, -0.2) is 9.97 Å². The van der Waals surface area contributed by atoms with Gasteiger partial charge in [0.15, 0.2) is 5.82 Å². The second-order valence-corrected chi connectivity index (χ2v) is 10.9. The van der Waals surface area contributed by atoms with E-state index < -0.39 is 18.3 Å². The van der Waals surface area contributed by atoms with Gasteiger partial charge in [0.25, 0.3) is 0 Å². The lowest BCUT2D eigenvalue weighted by atomic mass is 9.74. The normalized spacial score (nSPS) is 15.8. The fourth-order valence-corrected chi connectivity index (χ4v) is 4.82. The Labute approximate surface area is 230 Å². The molecule has 1 aliphatic heterocycles. The van der Waals surface area contributed by atoms with Gasteiger partial charge in [0.05, 0.1) is 22.6 Å². The van der Waals surface area contributed by atoms with E-state index in [9.17, 15) is 0 Å². The van der Waals surface area contributed by atoms with Gasteiger partial charge in [-0.15, -0.1) is 0 Å². The van der Waals surface area contributed by atoms with E-state index in [1.807, 2.05) is 54.6 Å². The molecule has 1 aliphatic rings. The van der Waals surface area contributed by atoms with Crippen LogP contribution in [-0.4, -0.2) is 28.3 Å². The van der Waals surface area contributed by atoms with E-state index in [4.69, 9.17) is 19.3 Å². The first-order valence-corrected chi connectivity index (χ1v) is 13.4. The molecule has 4 aromatic carbocycles. The third kappa shape index (κ3) is 4.92. The van der Waals surface area contributed by atoms with E-state index in [0.29, 0.717) is 5.82 Å². The van der Waals surface area contributed by atoms with Crippen molar-refractivity contribution in [3.8, 4) is 45.0 Å². The van der Waals surface area contributed by atoms with E-state index in [0.717, 1.165) is 44.7 Å². The topological polar surface area (TPSA) is 44.2 Å². The maximum atomic E-state index is 6.38. The van der Waals surface area contributed by atoms with Crippen LogP contribution in [-0.2, 0) is 9.31 Å². The summed E-state index contributed by atoms with van der Waals surface area (Å²) in [5.74, 6) is 0.710. The largest absolute Gasteiger partial charge is 0.495 e. The number of hydrogen-bond acceptors (Lipinski definition) is 4. The lowest BCUT2D eigenvalue weighted by Crippen LogP contribution is -2.41. The van der Waals surface area contributed by atoms with E-state index in [1.165, 1.54) is 0 Å². The molecule has 0 spiro atoms. The molecule has 0 saturated carbocycles. The molecule has 5 aromatic rings. The van der Waals surface area contributed by atoms with E-state index in [2.05, 4.69) is 88.4 Å². The molecule has 0 amide bonds. The molecule has 6 rings (SSSR count). The van der Waals surface area contributed by atoms with E-state index in [-0.39, 0.29) is 0 Å². The highest BCUT2D eigenvalue weighted by Gasteiger charge is 2.52. The van der Waals surface area contributed by atoms with Crippen LogP contribution in [0.1, 0.15) is 27.7 Å². The molecule has 1 fully saturated rings. The Morgan fingerprint density at radius 3 is 1.56 bits per heavy atom. The van der Waals surface area contributed by atoms with Crippen molar-refractivity contribution in [2.45, 2.75) is 38.9 Å². The predicted molar refractivity (Wildman–Crippen MR) is 159 cm³/mol. The SMILES string of the molecule is CC1(C)OB(c2ccccc2-c2ccc(-c3cc(-c4ccccc4)nc(-c4ccccc4)n3)cc2)OC1(C)C. The molecule has 4 nitrogen and oxygen atoms in total. The highest BCUT2D eigenvalue weighted by molar-refractivity contribution is 6.63. The Hall–Kier alpha value is -4.06. The molecule has 1 aromatic heterocycles. The third-order valence-electron chi connectivity index (χ3n) is 7.79. The minimum Gasteiger partial charge on any atom is -0.399 e. The zero-order chi connectivity index (χ0) is 27.0. The van der Waals surface area contributed by atoms with Crippen molar-refractivity contribution in [2.75, 3.05) is 0 Å². The summed E-state index contributed by atoms with van der Waals surface area (Å²) in [7, 11) is -0.422. The molecule has 192 valence electrons. The predicted octanol–water partition coefficient (Wildman–Crippen LogP) is 7.44. The van der Waals surface area contributed by atoms with Crippen molar-refractivity contribution in [1.82, 2.24) is 9.97 Å². The van der Waals surface area contributed by atoms with Crippen LogP contribution in [0.4, 0.5) is 0 Å². The quantitative estimate of drug-likeness (QED) is 0.231. The first-order valence-electron chi connectivity index (χ1n) is 13.4. The zero-order valence-electron chi connectivity index (χ0n) is 22.8. The van der Waals surface area contributed by atoms with Crippen LogP contribution in [0.3, 0.4) is 0 Å². The van der Waals surface area contributed by atoms with Gasteiger partial charge in [0.1, 0.15) is 0 Å². The van der Waals surface area contributed by atoms with Crippen LogP contribution in [0.15, 0.2) is 115 Å². The number of rotatable bonds is 5. The van der Waals surface area contributed by atoms with Crippen molar-refractivity contribution in [3.63, 3.8) is 0 Å². The zero-order valence-corrected chi connectivity index (χ0v) is 22.8. The molecule has 0 aliphatic carbocycles. The smallest absolute Gasteiger partial charge is 0.399 e. The van der Waals surface area contributed by atoms with Crippen LogP contribution in [0, 0.1) is 0 Å². The Kier molecular flexibility index (Phi) is 6.42. The summed E-state index contributed by atoms with van der Waals surface area (Å²) in [5.41, 5.74) is 7.31. The maximum Gasteiger partial charge on any atom is 0.495 e. The number of hydrogen-bond donors (Lipinski definition) is 0. The van der Waals surface area contributed by atoms with Gasteiger partial charge in [-0.2, -0.15) is 0 Å². The van der Waals surface area contributed by atoms with Crippen LogP contribution in [0.25, 0.3) is 45.0 Å². The molecule has 5 heteroatoms. The lowest BCUT2D eigenvalue weighted by Gasteiger charge is -2.32. The summed E-state index contributed by atoms with van der Waals surface area (Å²) in [5, 5.41) is 0. The van der Waals surface area contributed by atoms with Crippen molar-refractivity contribution < 1.29 is 9.31 Å². The Morgan fingerprint density at radius 2 is 0.974 bits per heavy atom. The van der Waals surface area contributed by atoms with Crippen molar-refractivity contribution in [3.05, 3.63) is 115 Å². The molecule has 0 N–H and O–H groups in total. The number of benzene rings is 4. The van der Waals surface area contributed by atoms with Gasteiger partial charge < -0.3 is 9.31 Å². The summed E-state index contributed by atoms with van der Waals surface area (Å²) in [6, 6.07) is 39.3. The molecular formula is C34H31BN2O2. The Balaban J connectivity index is 1.38. The summed E-state index contributed by atoms with van der Waals surface area (Å²) in [6.45, 7) is 8.33. The standard InChI is InChI=1S/C34H31BN2O2/c1-33(2)34(3,4)39-35(38-33)29-18-12-11-17-28(29)24-19-21-26(22-20-24)31-23-30(25-13-7-5-8-14-25)36-32(37-31)27-15-9-6-10-16-27/h5-23H,1-4H3. The maximum absolute atomic E-state index is 6.38. The number of aromatic nitrogens is 2. The highest BCUT2D eigenvalue weighted by Crippen LogP contribution is 2.37. The Bertz CT molecular complexity index is 1530. The summed E-state index contributed by atoms with van der Waals surface area (Å²) < 4.78 is 12.8. The second-order valence-electron chi connectivity index (χ2n) is 10.9. The highest BCUT2D eigenvalue weighted by atomic mass is 16.7. The lowest BCUT2D eigenvalue weighted by molar-refractivity contribution is 0.00578. The molecule has 39 heavy (non-hydrogen) atoms.